The minimum Gasteiger partial charge on any atom is -0.305 e. The maximum Gasteiger partial charge on any atom is 0.0801 e. The average Bonchev–Trinajstić information content (AvgIpc) is 2.40. The maximum absolute atomic E-state index is 4.41. The highest BCUT2D eigenvalue weighted by atomic mass is 14.9. The van der Waals surface area contributed by atoms with Gasteiger partial charge in [-0.2, -0.15) is 0 Å². The van der Waals surface area contributed by atoms with Gasteiger partial charge in [0.1, 0.15) is 0 Å². The second kappa shape index (κ2) is 6.26. The Kier molecular flexibility index (Phi) is 4.42. The highest BCUT2D eigenvalue weighted by Gasteiger charge is 2.14. The summed E-state index contributed by atoms with van der Waals surface area (Å²) < 4.78 is 0. The molecule has 0 radical (unpaired) electrons. The van der Waals surface area contributed by atoms with E-state index in [1.807, 2.05) is 6.20 Å². The van der Waals surface area contributed by atoms with Crippen molar-refractivity contribution in [2.45, 2.75) is 26.3 Å². The van der Waals surface area contributed by atoms with Gasteiger partial charge in [0, 0.05) is 12.4 Å². The van der Waals surface area contributed by atoms with Crippen molar-refractivity contribution >= 4 is 0 Å². The van der Waals surface area contributed by atoms with Crippen LogP contribution in [-0.4, -0.2) is 16.5 Å². The molecule has 1 aromatic heterocycles. The molecule has 3 nitrogen and oxygen atoms in total. The molecule has 0 fully saturated rings. The van der Waals surface area contributed by atoms with Gasteiger partial charge in [0.2, 0.25) is 0 Å². The Balaban J connectivity index is 2.31. The summed E-state index contributed by atoms with van der Waals surface area (Å²) in [5.41, 5.74) is 3.47. The van der Waals surface area contributed by atoms with Gasteiger partial charge in [-0.3, -0.25) is 9.97 Å². The molecule has 0 saturated heterocycles. The van der Waals surface area contributed by atoms with Gasteiger partial charge in [0.05, 0.1) is 17.9 Å². The molecule has 3 heteroatoms. The summed E-state index contributed by atoms with van der Waals surface area (Å²) in [5.74, 6) is 0. The molecule has 0 amide bonds. The first-order valence-electron chi connectivity index (χ1n) is 6.37. The standard InChI is InChI=1S/C15H19N3/c1-3-7-18-15(14-11-16-8-9-17-14)13-6-4-5-12(2)10-13/h4-6,8-11,15,18H,3,7H2,1-2H3. The Morgan fingerprint density at radius 1 is 1.28 bits per heavy atom. The van der Waals surface area contributed by atoms with Crippen LogP contribution < -0.4 is 5.32 Å². The molecule has 1 heterocycles. The molecular formula is C15H19N3. The maximum atomic E-state index is 4.41. The summed E-state index contributed by atoms with van der Waals surface area (Å²) in [6.45, 7) is 5.24. The topological polar surface area (TPSA) is 37.8 Å². The Morgan fingerprint density at radius 2 is 2.17 bits per heavy atom. The number of aromatic nitrogens is 2. The Hall–Kier alpha value is -1.74. The Bertz CT molecular complexity index is 482. The fraction of sp³-hybridized carbons (Fsp3) is 0.333. The molecule has 94 valence electrons. The zero-order chi connectivity index (χ0) is 12.8. The molecular weight excluding hydrogens is 222 g/mol. The smallest absolute Gasteiger partial charge is 0.0801 e. The minimum atomic E-state index is 0.124. The van der Waals surface area contributed by atoms with Crippen LogP contribution in [0.3, 0.4) is 0 Å². The number of rotatable bonds is 5. The lowest BCUT2D eigenvalue weighted by Gasteiger charge is -2.18. The SMILES string of the molecule is CCCNC(c1cccc(C)c1)c1cnccn1. The van der Waals surface area contributed by atoms with Gasteiger partial charge in [-0.05, 0) is 25.5 Å². The molecule has 0 aliphatic heterocycles. The summed E-state index contributed by atoms with van der Waals surface area (Å²) in [6.07, 6.45) is 6.38. The monoisotopic (exact) mass is 241 g/mol. The van der Waals surface area contributed by atoms with Gasteiger partial charge in [-0.15, -0.1) is 0 Å². The van der Waals surface area contributed by atoms with Crippen LogP contribution in [-0.2, 0) is 0 Å². The second-order valence-corrected chi connectivity index (χ2v) is 4.43. The summed E-state index contributed by atoms with van der Waals surface area (Å²) in [6, 6.07) is 8.65. The van der Waals surface area contributed by atoms with E-state index in [2.05, 4.69) is 53.4 Å². The summed E-state index contributed by atoms with van der Waals surface area (Å²) in [7, 11) is 0. The highest BCUT2D eigenvalue weighted by Crippen LogP contribution is 2.20. The van der Waals surface area contributed by atoms with Crippen LogP contribution in [0.15, 0.2) is 42.9 Å². The molecule has 0 spiro atoms. The fourth-order valence-corrected chi connectivity index (χ4v) is 1.99. The van der Waals surface area contributed by atoms with E-state index in [-0.39, 0.29) is 6.04 Å². The fourth-order valence-electron chi connectivity index (χ4n) is 1.99. The summed E-state index contributed by atoms with van der Waals surface area (Å²) >= 11 is 0. The van der Waals surface area contributed by atoms with E-state index in [1.54, 1.807) is 12.4 Å². The van der Waals surface area contributed by atoms with Crippen molar-refractivity contribution in [3.05, 3.63) is 59.7 Å². The first kappa shape index (κ1) is 12.7. The molecule has 1 atom stereocenters. The Labute approximate surface area is 108 Å². The normalized spacial score (nSPS) is 12.3. The van der Waals surface area contributed by atoms with Crippen LogP contribution in [0.5, 0.6) is 0 Å². The lowest BCUT2D eigenvalue weighted by atomic mass is 10.0. The van der Waals surface area contributed by atoms with Crippen molar-refractivity contribution in [1.82, 2.24) is 15.3 Å². The largest absolute Gasteiger partial charge is 0.305 e. The zero-order valence-electron chi connectivity index (χ0n) is 10.9. The number of nitrogens with zero attached hydrogens (tertiary/aromatic N) is 2. The van der Waals surface area contributed by atoms with E-state index < -0.39 is 0 Å². The number of aryl methyl sites for hydroxylation is 1. The molecule has 2 aromatic rings. The van der Waals surface area contributed by atoms with Gasteiger partial charge in [-0.1, -0.05) is 36.8 Å². The third kappa shape index (κ3) is 3.14. The molecule has 0 aliphatic rings. The third-order valence-electron chi connectivity index (χ3n) is 2.85. The molecule has 2 rings (SSSR count). The number of hydrogen-bond acceptors (Lipinski definition) is 3. The summed E-state index contributed by atoms with van der Waals surface area (Å²) in [5, 5.41) is 3.53. The first-order valence-corrected chi connectivity index (χ1v) is 6.37. The lowest BCUT2D eigenvalue weighted by Crippen LogP contribution is -2.24. The molecule has 1 N–H and O–H groups in total. The zero-order valence-corrected chi connectivity index (χ0v) is 10.9. The van der Waals surface area contributed by atoms with Crippen molar-refractivity contribution in [2.75, 3.05) is 6.54 Å². The molecule has 0 saturated carbocycles. The lowest BCUT2D eigenvalue weighted by molar-refractivity contribution is 0.584. The minimum absolute atomic E-state index is 0.124. The predicted molar refractivity (Wildman–Crippen MR) is 73.3 cm³/mol. The van der Waals surface area contributed by atoms with Gasteiger partial charge < -0.3 is 5.32 Å². The number of nitrogens with one attached hydrogen (secondary N) is 1. The van der Waals surface area contributed by atoms with Crippen LogP contribution in [0.25, 0.3) is 0 Å². The number of benzene rings is 1. The van der Waals surface area contributed by atoms with Gasteiger partial charge in [-0.25, -0.2) is 0 Å². The highest BCUT2D eigenvalue weighted by molar-refractivity contribution is 5.30. The van der Waals surface area contributed by atoms with Crippen LogP contribution in [0.2, 0.25) is 0 Å². The van der Waals surface area contributed by atoms with Crippen molar-refractivity contribution in [1.29, 1.82) is 0 Å². The van der Waals surface area contributed by atoms with E-state index >= 15 is 0 Å². The van der Waals surface area contributed by atoms with Crippen LogP contribution in [0.1, 0.15) is 36.2 Å². The Morgan fingerprint density at radius 3 is 2.83 bits per heavy atom. The van der Waals surface area contributed by atoms with E-state index in [9.17, 15) is 0 Å². The molecule has 0 aliphatic carbocycles. The average molecular weight is 241 g/mol. The second-order valence-electron chi connectivity index (χ2n) is 4.43. The third-order valence-corrected chi connectivity index (χ3v) is 2.85. The van der Waals surface area contributed by atoms with Gasteiger partial charge in [0.15, 0.2) is 0 Å². The molecule has 0 bridgehead atoms. The predicted octanol–water partition coefficient (Wildman–Crippen LogP) is 2.87. The quantitative estimate of drug-likeness (QED) is 0.874. The van der Waals surface area contributed by atoms with E-state index in [0.29, 0.717) is 0 Å². The van der Waals surface area contributed by atoms with Crippen LogP contribution >= 0.6 is 0 Å². The van der Waals surface area contributed by atoms with E-state index in [0.717, 1.165) is 18.7 Å². The molecule has 1 unspecified atom stereocenters. The van der Waals surface area contributed by atoms with Gasteiger partial charge >= 0.3 is 0 Å². The molecule has 18 heavy (non-hydrogen) atoms. The van der Waals surface area contributed by atoms with Crippen molar-refractivity contribution in [3.8, 4) is 0 Å². The van der Waals surface area contributed by atoms with Crippen molar-refractivity contribution < 1.29 is 0 Å². The first-order chi connectivity index (χ1) is 8.81. The van der Waals surface area contributed by atoms with Crippen LogP contribution in [0.4, 0.5) is 0 Å². The van der Waals surface area contributed by atoms with Gasteiger partial charge in [0.25, 0.3) is 0 Å². The van der Waals surface area contributed by atoms with Crippen molar-refractivity contribution in [3.63, 3.8) is 0 Å². The van der Waals surface area contributed by atoms with Crippen LogP contribution in [0, 0.1) is 6.92 Å². The van der Waals surface area contributed by atoms with Crippen molar-refractivity contribution in [2.24, 2.45) is 0 Å². The van der Waals surface area contributed by atoms with E-state index in [1.165, 1.54) is 11.1 Å². The summed E-state index contributed by atoms with van der Waals surface area (Å²) in [4.78, 5) is 8.57. The van der Waals surface area contributed by atoms with E-state index in [4.69, 9.17) is 0 Å². The molecule has 1 aromatic carbocycles. The number of hydrogen-bond donors (Lipinski definition) is 1.